The number of pyridine rings is 1. The number of benzene rings is 2. The average molecular weight is 288 g/mol. The number of methoxy groups -OCH3 is 1. The molecule has 0 unspecified atom stereocenters. The number of ether oxygens (including phenoxy) is 3. The Bertz CT molecular complexity index is 848. The van der Waals surface area contributed by atoms with Crippen LogP contribution in [0.2, 0.25) is 5.02 Å². The third-order valence-corrected chi connectivity index (χ3v) is 3.82. The number of halogens is 1. The normalized spacial score (nSPS) is 13.1. The minimum Gasteiger partial charge on any atom is -0.494 e. The van der Waals surface area contributed by atoms with Crippen LogP contribution in [0.15, 0.2) is 30.3 Å². The predicted octanol–water partition coefficient (Wildman–Crippen LogP) is 3.78. The Kier molecular flexibility index (Phi) is 2.41. The zero-order valence-corrected chi connectivity index (χ0v) is 11.4. The topological polar surface area (TPSA) is 40.6 Å². The van der Waals surface area contributed by atoms with Gasteiger partial charge in [-0.15, -0.1) is 0 Å². The molecule has 0 amide bonds. The van der Waals surface area contributed by atoms with E-state index in [1.165, 1.54) is 0 Å². The monoisotopic (exact) mass is 287 g/mol. The van der Waals surface area contributed by atoms with E-state index in [4.69, 9.17) is 25.8 Å². The van der Waals surface area contributed by atoms with Crippen molar-refractivity contribution in [3.63, 3.8) is 0 Å². The molecular formula is C15H10ClNO3. The van der Waals surface area contributed by atoms with Crippen LogP contribution >= 0.6 is 11.6 Å². The molecule has 0 atom stereocenters. The Morgan fingerprint density at radius 2 is 1.95 bits per heavy atom. The molecule has 0 saturated heterocycles. The lowest BCUT2D eigenvalue weighted by Crippen LogP contribution is -1.92. The molecule has 5 heteroatoms. The van der Waals surface area contributed by atoms with Crippen molar-refractivity contribution >= 4 is 33.4 Å². The number of nitrogens with zero attached hydrogens (tertiary/aromatic N) is 1. The van der Waals surface area contributed by atoms with Gasteiger partial charge in [0.1, 0.15) is 11.3 Å². The molecule has 2 aromatic carbocycles. The number of para-hydroxylation sites is 1. The summed E-state index contributed by atoms with van der Waals surface area (Å²) in [5, 5.41) is 2.34. The minimum atomic E-state index is 0.228. The van der Waals surface area contributed by atoms with Gasteiger partial charge in [-0.2, -0.15) is 0 Å². The van der Waals surface area contributed by atoms with E-state index in [2.05, 4.69) is 4.98 Å². The van der Waals surface area contributed by atoms with Crippen LogP contribution in [0.4, 0.5) is 0 Å². The smallest absolute Gasteiger partial charge is 0.231 e. The van der Waals surface area contributed by atoms with Crippen LogP contribution in [0.5, 0.6) is 17.2 Å². The molecular weight excluding hydrogens is 278 g/mol. The van der Waals surface area contributed by atoms with Crippen molar-refractivity contribution < 1.29 is 14.2 Å². The molecule has 100 valence electrons. The summed E-state index contributed by atoms with van der Waals surface area (Å²) in [6.07, 6.45) is 0. The van der Waals surface area contributed by atoms with Gasteiger partial charge in [-0.3, -0.25) is 0 Å². The van der Waals surface area contributed by atoms with Crippen molar-refractivity contribution in [2.45, 2.75) is 0 Å². The number of fused-ring (bicyclic) bond motifs is 3. The van der Waals surface area contributed by atoms with E-state index in [-0.39, 0.29) is 6.79 Å². The van der Waals surface area contributed by atoms with Crippen LogP contribution in [0.25, 0.3) is 21.8 Å². The first kappa shape index (κ1) is 11.6. The Morgan fingerprint density at radius 1 is 1.15 bits per heavy atom. The lowest BCUT2D eigenvalue weighted by molar-refractivity contribution is 0.174. The number of hydrogen-bond acceptors (Lipinski definition) is 4. The summed E-state index contributed by atoms with van der Waals surface area (Å²) in [5.74, 6) is 2.09. The van der Waals surface area contributed by atoms with Gasteiger partial charge in [0.25, 0.3) is 0 Å². The van der Waals surface area contributed by atoms with Gasteiger partial charge in [-0.05, 0) is 12.1 Å². The van der Waals surface area contributed by atoms with E-state index >= 15 is 0 Å². The van der Waals surface area contributed by atoms with Crippen molar-refractivity contribution in [3.05, 3.63) is 35.4 Å². The minimum absolute atomic E-state index is 0.228. The van der Waals surface area contributed by atoms with Gasteiger partial charge in [0.05, 0.1) is 17.6 Å². The van der Waals surface area contributed by atoms with E-state index in [1.807, 2.05) is 30.3 Å². The molecule has 1 aromatic heterocycles. The summed E-state index contributed by atoms with van der Waals surface area (Å²) in [7, 11) is 1.62. The van der Waals surface area contributed by atoms with Crippen LogP contribution in [-0.4, -0.2) is 18.9 Å². The first-order valence-corrected chi connectivity index (χ1v) is 6.51. The predicted molar refractivity (Wildman–Crippen MR) is 76.9 cm³/mol. The van der Waals surface area contributed by atoms with E-state index in [9.17, 15) is 0 Å². The maximum Gasteiger partial charge on any atom is 0.231 e. The molecule has 2 heterocycles. The molecule has 0 bridgehead atoms. The molecule has 4 nitrogen and oxygen atoms in total. The van der Waals surface area contributed by atoms with Gasteiger partial charge in [0.15, 0.2) is 11.5 Å². The molecule has 3 aromatic rings. The van der Waals surface area contributed by atoms with Crippen LogP contribution in [0.3, 0.4) is 0 Å². The van der Waals surface area contributed by atoms with Gasteiger partial charge >= 0.3 is 0 Å². The van der Waals surface area contributed by atoms with Crippen molar-refractivity contribution in [3.8, 4) is 17.2 Å². The molecule has 0 fully saturated rings. The lowest BCUT2D eigenvalue weighted by atomic mass is 10.1. The van der Waals surface area contributed by atoms with Gasteiger partial charge < -0.3 is 14.2 Å². The fourth-order valence-corrected chi connectivity index (χ4v) is 2.75. The highest BCUT2D eigenvalue weighted by Gasteiger charge is 2.18. The first-order chi connectivity index (χ1) is 9.78. The summed E-state index contributed by atoms with van der Waals surface area (Å²) in [4.78, 5) is 4.64. The highest BCUT2D eigenvalue weighted by Crippen LogP contribution is 2.41. The van der Waals surface area contributed by atoms with Crippen molar-refractivity contribution in [1.29, 1.82) is 0 Å². The van der Waals surface area contributed by atoms with E-state index in [1.54, 1.807) is 7.11 Å². The summed E-state index contributed by atoms with van der Waals surface area (Å²) in [6, 6.07) is 9.40. The maximum absolute atomic E-state index is 6.51. The second-order valence-corrected chi connectivity index (χ2v) is 4.88. The van der Waals surface area contributed by atoms with Crippen LogP contribution in [0.1, 0.15) is 0 Å². The average Bonchev–Trinajstić information content (AvgIpc) is 2.92. The van der Waals surface area contributed by atoms with Crippen LogP contribution in [0, 0.1) is 0 Å². The number of aromatic nitrogens is 1. The van der Waals surface area contributed by atoms with Gasteiger partial charge in [-0.25, -0.2) is 4.98 Å². The largest absolute Gasteiger partial charge is 0.494 e. The molecule has 0 radical (unpaired) electrons. The standard InChI is InChI=1S/C15H10ClNO3/c1-18-11-4-2-3-8-14(16)9-5-12-13(20-7-19-12)6-10(9)17-15(8)11/h2-6H,7H2,1H3. The van der Waals surface area contributed by atoms with Gasteiger partial charge in [0.2, 0.25) is 6.79 Å². The van der Waals surface area contributed by atoms with E-state index in [0.717, 1.165) is 21.8 Å². The lowest BCUT2D eigenvalue weighted by Gasteiger charge is -2.09. The highest BCUT2D eigenvalue weighted by molar-refractivity contribution is 6.40. The molecule has 4 rings (SSSR count). The molecule has 0 aliphatic carbocycles. The summed E-state index contributed by atoms with van der Waals surface area (Å²) < 4.78 is 16.1. The first-order valence-electron chi connectivity index (χ1n) is 6.13. The fourth-order valence-electron chi connectivity index (χ4n) is 2.44. The quantitative estimate of drug-likeness (QED) is 0.639. The Labute approximate surface area is 119 Å². The Balaban J connectivity index is 2.15. The molecule has 0 saturated carbocycles. The SMILES string of the molecule is COc1cccc2c(Cl)c3cc4c(cc3nc12)OCO4. The van der Waals surface area contributed by atoms with E-state index < -0.39 is 0 Å². The van der Waals surface area contributed by atoms with E-state index in [0.29, 0.717) is 22.3 Å². The number of hydrogen-bond donors (Lipinski definition) is 0. The molecule has 0 N–H and O–H groups in total. The third-order valence-electron chi connectivity index (χ3n) is 3.42. The van der Waals surface area contributed by atoms with Gasteiger partial charge in [-0.1, -0.05) is 23.7 Å². The molecule has 1 aliphatic heterocycles. The third kappa shape index (κ3) is 1.51. The Morgan fingerprint density at radius 3 is 2.75 bits per heavy atom. The summed E-state index contributed by atoms with van der Waals surface area (Å²) in [5.41, 5.74) is 1.50. The molecule has 20 heavy (non-hydrogen) atoms. The summed E-state index contributed by atoms with van der Waals surface area (Å²) in [6.45, 7) is 0.228. The maximum atomic E-state index is 6.51. The zero-order valence-electron chi connectivity index (χ0n) is 10.6. The number of rotatable bonds is 1. The van der Waals surface area contributed by atoms with Crippen molar-refractivity contribution in [1.82, 2.24) is 4.98 Å². The van der Waals surface area contributed by atoms with Crippen molar-refractivity contribution in [2.75, 3.05) is 13.9 Å². The second-order valence-electron chi connectivity index (χ2n) is 4.50. The van der Waals surface area contributed by atoms with Crippen LogP contribution in [-0.2, 0) is 0 Å². The van der Waals surface area contributed by atoms with Gasteiger partial charge in [0, 0.05) is 16.8 Å². The zero-order chi connectivity index (χ0) is 13.7. The van der Waals surface area contributed by atoms with Crippen LogP contribution < -0.4 is 14.2 Å². The highest BCUT2D eigenvalue weighted by atomic mass is 35.5. The molecule has 1 aliphatic rings. The fraction of sp³-hybridized carbons (Fsp3) is 0.133. The van der Waals surface area contributed by atoms with Crippen molar-refractivity contribution in [2.24, 2.45) is 0 Å². The summed E-state index contributed by atoms with van der Waals surface area (Å²) >= 11 is 6.51. The molecule has 0 spiro atoms. The second kappa shape index (κ2) is 4.15. The Hall–Kier alpha value is -2.20.